The van der Waals surface area contributed by atoms with Crippen molar-refractivity contribution in [2.45, 2.75) is 137 Å². The van der Waals surface area contributed by atoms with E-state index in [9.17, 15) is 37.5 Å². The molecular weight excluding hydrogens is 761 g/mol. The Hall–Kier alpha value is -2.20. The first-order chi connectivity index (χ1) is 26.7. The maximum Gasteiger partial charge on any atom is 0.391 e. The standard InChI is InChI=1S/C36H58ClF3N10O6/c1-4-24-30(47-9-11-48(12-10-47)34(54)29-31(52)18(2)42-17-43-29)32(53)28-33(50(24)16-25(51)44-22-6-5-19(13-21(22)37)36(38,39)40)46-27-23(45-28)15-49(35(27)55)20-7-8-41-26(14-20)56-3/h18-24,26-31,33,41-43,45-46,52H,4-17H2,1-3H3,(H,44,51). The topological polar surface area (TPSA) is 183 Å². The van der Waals surface area contributed by atoms with Gasteiger partial charge in [0.1, 0.15) is 18.3 Å². The number of fused-ring (bicyclic) bond motifs is 2. The van der Waals surface area contributed by atoms with Crippen LogP contribution in [0.3, 0.4) is 0 Å². The molecule has 6 saturated heterocycles. The molecule has 0 aromatic rings. The highest BCUT2D eigenvalue weighted by atomic mass is 35.5. The quantitative estimate of drug-likeness (QED) is 0.135. The number of nitrogens with zero attached hydrogens (tertiary/aromatic N) is 4. The van der Waals surface area contributed by atoms with Crippen molar-refractivity contribution < 1.29 is 42.2 Å². The molecule has 20 heteroatoms. The number of likely N-dealkylation sites (tertiary alicyclic amines) is 2. The van der Waals surface area contributed by atoms with Crippen molar-refractivity contribution in [2.75, 3.05) is 59.6 Å². The van der Waals surface area contributed by atoms with Gasteiger partial charge in [-0.05, 0) is 45.6 Å². The molecule has 1 saturated carbocycles. The van der Waals surface area contributed by atoms with E-state index in [0.29, 0.717) is 58.8 Å². The van der Waals surface area contributed by atoms with E-state index >= 15 is 0 Å². The van der Waals surface area contributed by atoms with E-state index in [0.717, 1.165) is 6.42 Å². The van der Waals surface area contributed by atoms with Crippen LogP contribution in [-0.2, 0) is 23.9 Å². The highest BCUT2D eigenvalue weighted by molar-refractivity contribution is 6.21. The van der Waals surface area contributed by atoms with E-state index in [4.69, 9.17) is 16.3 Å². The van der Waals surface area contributed by atoms with Crippen LogP contribution in [0.15, 0.2) is 0 Å². The highest BCUT2D eigenvalue weighted by Crippen LogP contribution is 2.39. The first-order valence-corrected chi connectivity index (χ1v) is 20.7. The summed E-state index contributed by atoms with van der Waals surface area (Å²) in [5.41, 5.74) is 0. The molecule has 56 heavy (non-hydrogen) atoms. The third-order valence-electron chi connectivity index (χ3n) is 13.4. The lowest BCUT2D eigenvalue weighted by Gasteiger charge is -2.55. The molecule has 6 heterocycles. The van der Waals surface area contributed by atoms with Crippen LogP contribution in [0.1, 0.15) is 52.4 Å². The molecule has 14 atom stereocenters. The van der Waals surface area contributed by atoms with Crippen molar-refractivity contribution in [2.24, 2.45) is 5.92 Å². The lowest BCUT2D eigenvalue weighted by molar-refractivity contribution is -0.182. The molecule has 7 N–H and O–H groups in total. The van der Waals surface area contributed by atoms with Gasteiger partial charge in [0, 0.05) is 83.1 Å². The number of carbonyl (C=O) groups is 4. The second-order valence-corrected chi connectivity index (χ2v) is 17.2. The van der Waals surface area contributed by atoms with Crippen LogP contribution >= 0.6 is 11.6 Å². The maximum absolute atomic E-state index is 14.8. The number of ether oxygens (including phenoxy) is 1. The van der Waals surface area contributed by atoms with Crippen molar-refractivity contribution in [3.05, 3.63) is 0 Å². The molecule has 0 spiro atoms. The molecule has 16 nitrogen and oxygen atoms in total. The summed E-state index contributed by atoms with van der Waals surface area (Å²) in [5.74, 6) is -2.27. The van der Waals surface area contributed by atoms with Gasteiger partial charge in [-0.15, -0.1) is 11.6 Å². The largest absolute Gasteiger partial charge is 0.391 e. The number of carbonyl (C=O) groups excluding carboxylic acids is 4. The summed E-state index contributed by atoms with van der Waals surface area (Å²) in [5, 5.41) is 29.2. The zero-order valence-corrected chi connectivity index (χ0v) is 33.0. The number of hydrogen-bond acceptors (Lipinski definition) is 13. The van der Waals surface area contributed by atoms with E-state index in [1.54, 1.807) is 12.0 Å². The number of methoxy groups -OCH3 is 1. The third-order valence-corrected chi connectivity index (χ3v) is 13.9. The van der Waals surface area contributed by atoms with Crippen molar-refractivity contribution in [3.8, 4) is 0 Å². The number of amides is 3. The average Bonchev–Trinajstić information content (AvgIpc) is 3.51. The summed E-state index contributed by atoms with van der Waals surface area (Å²) in [7, 11) is 1.63. The molecule has 7 aliphatic rings. The fourth-order valence-electron chi connectivity index (χ4n) is 10.2. The van der Waals surface area contributed by atoms with Crippen molar-refractivity contribution in [3.63, 3.8) is 0 Å². The van der Waals surface area contributed by atoms with Crippen LogP contribution in [0, 0.1) is 5.92 Å². The maximum atomic E-state index is 14.8. The monoisotopic (exact) mass is 818 g/mol. The fraction of sp³-hybridized carbons (Fsp3) is 0.889. The zero-order chi connectivity index (χ0) is 40.1. The molecule has 0 aromatic heterocycles. The van der Waals surface area contributed by atoms with Gasteiger partial charge in [0.2, 0.25) is 17.7 Å². The lowest BCUT2D eigenvalue weighted by Crippen LogP contribution is -2.81. The minimum atomic E-state index is -4.35. The summed E-state index contributed by atoms with van der Waals surface area (Å²) in [6.45, 7) is 6.58. The number of halogens is 4. The summed E-state index contributed by atoms with van der Waals surface area (Å²) in [6.07, 6.45) is -4.59. The van der Waals surface area contributed by atoms with Gasteiger partial charge in [0.15, 0.2) is 5.78 Å². The molecular formula is C36H58ClF3N10O6. The minimum absolute atomic E-state index is 0.0435. The molecule has 14 unspecified atom stereocenters. The number of hydrogen-bond donors (Lipinski definition) is 7. The van der Waals surface area contributed by atoms with Crippen molar-refractivity contribution >= 4 is 35.1 Å². The lowest BCUT2D eigenvalue weighted by atomic mass is 9.83. The van der Waals surface area contributed by atoms with E-state index < -0.39 is 71.9 Å². The van der Waals surface area contributed by atoms with Gasteiger partial charge in [-0.25, -0.2) is 0 Å². The number of aliphatic hydroxyl groups excluding tert-OH is 1. The van der Waals surface area contributed by atoms with Crippen LogP contribution in [0.5, 0.6) is 0 Å². The predicted molar refractivity (Wildman–Crippen MR) is 198 cm³/mol. The number of Topliss-reactive ketones (excluding diaryl/α,β-unsaturated/α-hetero) is 1. The first-order valence-electron chi connectivity index (χ1n) is 20.3. The molecule has 1 aliphatic carbocycles. The van der Waals surface area contributed by atoms with Gasteiger partial charge in [0.05, 0.1) is 42.2 Å². The van der Waals surface area contributed by atoms with Crippen LogP contribution in [-0.4, -0.2) is 192 Å². The first kappa shape index (κ1) is 41.9. The van der Waals surface area contributed by atoms with Crippen molar-refractivity contribution in [1.29, 1.82) is 0 Å². The molecule has 7 fully saturated rings. The molecule has 6 aliphatic heterocycles. The Morgan fingerprint density at radius 3 is 2.45 bits per heavy atom. The zero-order valence-electron chi connectivity index (χ0n) is 32.3. The van der Waals surface area contributed by atoms with E-state index in [-0.39, 0.29) is 67.8 Å². The number of rotatable bonds is 8. The molecule has 7 rings (SSSR count). The summed E-state index contributed by atoms with van der Waals surface area (Å²) in [4.78, 5) is 63.8. The molecule has 3 amide bonds. The van der Waals surface area contributed by atoms with E-state index in [2.05, 4.69) is 36.8 Å². The average molecular weight is 819 g/mol. The van der Waals surface area contributed by atoms with Crippen molar-refractivity contribution in [1.82, 2.24) is 51.5 Å². The van der Waals surface area contributed by atoms with Gasteiger partial charge in [-0.3, -0.25) is 55.6 Å². The van der Waals surface area contributed by atoms with Crippen LogP contribution in [0.4, 0.5) is 13.2 Å². The summed E-state index contributed by atoms with van der Waals surface area (Å²) < 4.78 is 45.9. The Balaban J connectivity index is 1.09. The number of nitrogens with one attached hydrogen (secondary N) is 6. The molecule has 316 valence electrons. The smallest absolute Gasteiger partial charge is 0.389 e. The number of aliphatic hydroxyl groups is 1. The van der Waals surface area contributed by atoms with Gasteiger partial charge in [-0.1, -0.05) is 6.92 Å². The van der Waals surface area contributed by atoms with E-state index in [1.165, 1.54) is 0 Å². The van der Waals surface area contributed by atoms with Gasteiger partial charge >= 0.3 is 6.18 Å². The number of piperazine rings is 2. The SMILES string of the molecule is CCC1C(N2CCN(C(=O)C3NCNC(C)C3O)CC2)C(=O)C2NC3CN(C4CCNC(OC)C4)C(=O)C3NC2N1CC(=O)NC1CCC(C(F)(F)F)CC1Cl. The van der Waals surface area contributed by atoms with Gasteiger partial charge in [0.25, 0.3) is 0 Å². The van der Waals surface area contributed by atoms with Gasteiger partial charge in [-0.2, -0.15) is 13.2 Å². The van der Waals surface area contributed by atoms with Gasteiger partial charge < -0.3 is 25.0 Å². The normalized spacial score (nSPS) is 41.6. The Morgan fingerprint density at radius 2 is 1.77 bits per heavy atom. The van der Waals surface area contributed by atoms with E-state index in [1.807, 2.05) is 23.6 Å². The predicted octanol–water partition coefficient (Wildman–Crippen LogP) is -1.92. The minimum Gasteiger partial charge on any atom is -0.389 e. The summed E-state index contributed by atoms with van der Waals surface area (Å²) in [6, 6.07) is -4.58. The third kappa shape index (κ3) is 8.31. The number of piperidine rings is 2. The Labute approximate surface area is 330 Å². The highest BCUT2D eigenvalue weighted by Gasteiger charge is 2.58. The van der Waals surface area contributed by atoms with Crippen LogP contribution < -0.4 is 31.9 Å². The number of ketones is 1. The molecule has 0 radical (unpaired) electrons. The van der Waals surface area contributed by atoms with Crippen LogP contribution in [0.25, 0.3) is 0 Å². The second kappa shape index (κ2) is 17.2. The molecule has 0 bridgehead atoms. The second-order valence-electron chi connectivity index (χ2n) is 16.6. The number of alkyl halides is 4. The Kier molecular flexibility index (Phi) is 12.9. The fourth-order valence-corrected chi connectivity index (χ4v) is 10.6. The Bertz CT molecular complexity index is 1460. The van der Waals surface area contributed by atoms with Crippen LogP contribution in [0.2, 0.25) is 0 Å². The summed E-state index contributed by atoms with van der Waals surface area (Å²) >= 11 is 6.45. The Morgan fingerprint density at radius 1 is 1.02 bits per heavy atom. The molecule has 0 aromatic carbocycles.